The van der Waals surface area contributed by atoms with E-state index in [1.54, 1.807) is 27.4 Å². The molecule has 0 fully saturated rings. The standard InChI is InChI=1S/C17H16ClN3O3/c1-22-13-7-5-4-6-11(13)19-16-10-8-14(23-2)15(24-3)9-12(10)20-17(18)21-16/h4-9H,1-3H3,(H,19,20,21). The van der Waals surface area contributed by atoms with Gasteiger partial charge in [-0.25, -0.2) is 4.98 Å². The van der Waals surface area contributed by atoms with Gasteiger partial charge in [0, 0.05) is 11.5 Å². The van der Waals surface area contributed by atoms with E-state index in [4.69, 9.17) is 25.8 Å². The first-order valence-electron chi connectivity index (χ1n) is 7.15. The monoisotopic (exact) mass is 345 g/mol. The topological polar surface area (TPSA) is 65.5 Å². The largest absolute Gasteiger partial charge is 0.495 e. The third-order valence-electron chi connectivity index (χ3n) is 3.53. The molecule has 0 aliphatic rings. The average Bonchev–Trinajstić information content (AvgIpc) is 2.61. The molecule has 0 aliphatic carbocycles. The van der Waals surface area contributed by atoms with Crippen LogP contribution in [-0.2, 0) is 0 Å². The lowest BCUT2D eigenvalue weighted by molar-refractivity contribution is 0.356. The first kappa shape index (κ1) is 16.1. The molecule has 1 N–H and O–H groups in total. The smallest absolute Gasteiger partial charge is 0.224 e. The highest BCUT2D eigenvalue weighted by Crippen LogP contribution is 2.36. The molecule has 6 nitrogen and oxygen atoms in total. The van der Waals surface area contributed by atoms with Gasteiger partial charge in [0.05, 0.1) is 32.5 Å². The highest BCUT2D eigenvalue weighted by Gasteiger charge is 2.14. The van der Waals surface area contributed by atoms with Crippen molar-refractivity contribution in [1.29, 1.82) is 0 Å². The van der Waals surface area contributed by atoms with Gasteiger partial charge in [0.2, 0.25) is 5.28 Å². The lowest BCUT2D eigenvalue weighted by Crippen LogP contribution is -2.00. The number of ether oxygens (including phenoxy) is 3. The molecule has 24 heavy (non-hydrogen) atoms. The van der Waals surface area contributed by atoms with Crippen LogP contribution in [0.3, 0.4) is 0 Å². The molecule has 0 aliphatic heterocycles. The number of benzene rings is 2. The summed E-state index contributed by atoms with van der Waals surface area (Å²) >= 11 is 6.07. The van der Waals surface area contributed by atoms with E-state index in [1.165, 1.54) is 0 Å². The van der Waals surface area contributed by atoms with Crippen LogP contribution in [0.5, 0.6) is 17.2 Å². The zero-order chi connectivity index (χ0) is 17.1. The van der Waals surface area contributed by atoms with Crippen LogP contribution in [0, 0.1) is 0 Å². The van der Waals surface area contributed by atoms with E-state index in [0.717, 1.165) is 11.1 Å². The molecule has 1 aromatic heterocycles. The first-order valence-corrected chi connectivity index (χ1v) is 7.53. The van der Waals surface area contributed by atoms with Crippen LogP contribution in [0.25, 0.3) is 10.9 Å². The van der Waals surface area contributed by atoms with Crippen molar-refractivity contribution in [2.75, 3.05) is 26.6 Å². The fourth-order valence-electron chi connectivity index (χ4n) is 2.40. The number of fused-ring (bicyclic) bond motifs is 1. The van der Waals surface area contributed by atoms with Crippen molar-refractivity contribution in [1.82, 2.24) is 9.97 Å². The number of para-hydroxylation sites is 2. The lowest BCUT2D eigenvalue weighted by atomic mass is 10.2. The minimum Gasteiger partial charge on any atom is -0.495 e. The Morgan fingerprint density at radius 2 is 1.54 bits per heavy atom. The summed E-state index contributed by atoms with van der Waals surface area (Å²) in [5.41, 5.74) is 1.41. The van der Waals surface area contributed by atoms with Crippen molar-refractivity contribution in [2.45, 2.75) is 0 Å². The van der Waals surface area contributed by atoms with Crippen LogP contribution < -0.4 is 19.5 Å². The van der Waals surface area contributed by atoms with Gasteiger partial charge in [-0.1, -0.05) is 12.1 Å². The predicted octanol–water partition coefficient (Wildman–Crippen LogP) is 4.05. The Kier molecular flexibility index (Phi) is 4.57. The molecule has 0 amide bonds. The maximum Gasteiger partial charge on any atom is 0.224 e. The molecule has 2 aromatic carbocycles. The Bertz CT molecular complexity index is 886. The third-order valence-corrected chi connectivity index (χ3v) is 3.70. The molecule has 0 spiro atoms. The summed E-state index contributed by atoms with van der Waals surface area (Å²) in [7, 11) is 4.76. The average molecular weight is 346 g/mol. The molecule has 7 heteroatoms. The number of halogens is 1. The summed E-state index contributed by atoms with van der Waals surface area (Å²) in [5.74, 6) is 2.40. The number of hydrogen-bond acceptors (Lipinski definition) is 6. The molecular weight excluding hydrogens is 330 g/mol. The molecular formula is C17H16ClN3O3. The van der Waals surface area contributed by atoms with Crippen molar-refractivity contribution in [3.05, 3.63) is 41.7 Å². The first-order chi connectivity index (χ1) is 11.7. The second-order valence-corrected chi connectivity index (χ2v) is 5.23. The second kappa shape index (κ2) is 6.80. The van der Waals surface area contributed by atoms with Crippen LogP contribution in [0.4, 0.5) is 11.5 Å². The van der Waals surface area contributed by atoms with Crippen molar-refractivity contribution in [3.8, 4) is 17.2 Å². The van der Waals surface area contributed by atoms with Gasteiger partial charge in [-0.05, 0) is 29.8 Å². The van der Waals surface area contributed by atoms with Crippen molar-refractivity contribution in [2.24, 2.45) is 0 Å². The van der Waals surface area contributed by atoms with Crippen LogP contribution in [0.15, 0.2) is 36.4 Å². The fraction of sp³-hybridized carbons (Fsp3) is 0.176. The SMILES string of the molecule is COc1ccccc1Nc1nc(Cl)nc2cc(OC)c(OC)cc12. The summed E-state index contributed by atoms with van der Waals surface area (Å²) < 4.78 is 16.0. The number of nitrogens with one attached hydrogen (secondary N) is 1. The normalized spacial score (nSPS) is 10.5. The van der Waals surface area contributed by atoms with Gasteiger partial charge in [-0.2, -0.15) is 4.98 Å². The second-order valence-electron chi connectivity index (χ2n) is 4.89. The molecule has 3 rings (SSSR count). The molecule has 124 valence electrons. The van der Waals surface area contributed by atoms with E-state index in [9.17, 15) is 0 Å². The number of nitrogens with zero attached hydrogens (tertiary/aromatic N) is 2. The Morgan fingerprint density at radius 3 is 2.25 bits per heavy atom. The van der Waals surface area contributed by atoms with E-state index in [1.807, 2.05) is 30.3 Å². The molecule has 0 bridgehead atoms. The van der Waals surface area contributed by atoms with Crippen molar-refractivity contribution >= 4 is 34.0 Å². The predicted molar refractivity (Wildman–Crippen MR) is 93.9 cm³/mol. The minimum atomic E-state index is 0.132. The summed E-state index contributed by atoms with van der Waals surface area (Å²) in [6.07, 6.45) is 0. The van der Waals surface area contributed by atoms with Gasteiger partial charge in [-0.3, -0.25) is 0 Å². The molecule has 0 saturated carbocycles. The van der Waals surface area contributed by atoms with Gasteiger partial charge < -0.3 is 19.5 Å². The molecule has 0 radical (unpaired) electrons. The molecule has 0 unspecified atom stereocenters. The summed E-state index contributed by atoms with van der Waals surface area (Å²) in [6, 6.07) is 11.1. The fourth-order valence-corrected chi connectivity index (χ4v) is 2.57. The zero-order valence-corrected chi connectivity index (χ0v) is 14.2. The minimum absolute atomic E-state index is 0.132. The number of methoxy groups -OCH3 is 3. The highest BCUT2D eigenvalue weighted by molar-refractivity contribution is 6.28. The summed E-state index contributed by atoms with van der Waals surface area (Å²) in [6.45, 7) is 0. The lowest BCUT2D eigenvalue weighted by Gasteiger charge is -2.14. The van der Waals surface area contributed by atoms with Crippen LogP contribution >= 0.6 is 11.6 Å². The Hall–Kier alpha value is -2.73. The van der Waals surface area contributed by atoms with E-state index in [2.05, 4.69) is 15.3 Å². The Morgan fingerprint density at radius 1 is 0.875 bits per heavy atom. The van der Waals surface area contributed by atoms with Gasteiger partial charge in [0.25, 0.3) is 0 Å². The molecule has 1 heterocycles. The number of aromatic nitrogens is 2. The van der Waals surface area contributed by atoms with Gasteiger partial charge in [0.1, 0.15) is 11.6 Å². The maximum absolute atomic E-state index is 6.07. The van der Waals surface area contributed by atoms with Gasteiger partial charge in [-0.15, -0.1) is 0 Å². The molecule has 0 atom stereocenters. The Balaban J connectivity index is 2.16. The van der Waals surface area contributed by atoms with Crippen LogP contribution in [0.2, 0.25) is 5.28 Å². The van der Waals surface area contributed by atoms with E-state index in [0.29, 0.717) is 28.6 Å². The quantitative estimate of drug-likeness (QED) is 0.704. The van der Waals surface area contributed by atoms with E-state index in [-0.39, 0.29) is 5.28 Å². The Labute approximate surface area is 144 Å². The molecule has 0 saturated heterocycles. The van der Waals surface area contributed by atoms with E-state index >= 15 is 0 Å². The van der Waals surface area contributed by atoms with Crippen molar-refractivity contribution in [3.63, 3.8) is 0 Å². The van der Waals surface area contributed by atoms with Gasteiger partial charge >= 0.3 is 0 Å². The van der Waals surface area contributed by atoms with Gasteiger partial charge in [0.15, 0.2) is 11.5 Å². The summed E-state index contributed by atoms with van der Waals surface area (Å²) in [5, 5.41) is 4.12. The summed E-state index contributed by atoms with van der Waals surface area (Å²) in [4.78, 5) is 8.55. The van der Waals surface area contributed by atoms with Crippen molar-refractivity contribution < 1.29 is 14.2 Å². The van der Waals surface area contributed by atoms with E-state index < -0.39 is 0 Å². The zero-order valence-electron chi connectivity index (χ0n) is 13.5. The number of hydrogen-bond donors (Lipinski definition) is 1. The number of anilines is 2. The van der Waals surface area contributed by atoms with Crippen LogP contribution in [-0.4, -0.2) is 31.3 Å². The van der Waals surface area contributed by atoms with Crippen LogP contribution in [0.1, 0.15) is 0 Å². The number of rotatable bonds is 5. The maximum atomic E-state index is 6.07. The molecule has 3 aromatic rings. The third kappa shape index (κ3) is 3.00. The highest BCUT2D eigenvalue weighted by atomic mass is 35.5.